The Hall–Kier alpha value is -0.770. The van der Waals surface area contributed by atoms with Crippen molar-refractivity contribution in [2.45, 2.75) is 45.3 Å². The van der Waals surface area contributed by atoms with Gasteiger partial charge in [0.2, 0.25) is 0 Å². The molecule has 0 heterocycles. The van der Waals surface area contributed by atoms with E-state index in [1.54, 1.807) is 7.11 Å². The van der Waals surface area contributed by atoms with E-state index in [-0.39, 0.29) is 12.1 Å². The summed E-state index contributed by atoms with van der Waals surface area (Å²) < 4.78 is 11.0. The predicted molar refractivity (Wildman–Crippen MR) is 80.0 cm³/mol. The van der Waals surface area contributed by atoms with Crippen LogP contribution in [0.2, 0.25) is 5.02 Å². The van der Waals surface area contributed by atoms with Crippen molar-refractivity contribution < 1.29 is 9.47 Å². The fraction of sp³-hybridized carbons (Fsp3) is 0.600. The van der Waals surface area contributed by atoms with E-state index in [2.05, 4.69) is 6.92 Å². The molecule has 3 nitrogen and oxygen atoms in total. The van der Waals surface area contributed by atoms with E-state index in [0.717, 1.165) is 30.6 Å². The number of hydrogen-bond donors (Lipinski definition) is 1. The van der Waals surface area contributed by atoms with E-state index in [1.165, 1.54) is 0 Å². The summed E-state index contributed by atoms with van der Waals surface area (Å²) in [7, 11) is 1.69. The number of rotatable bonds is 8. The molecule has 1 aromatic rings. The first kappa shape index (κ1) is 16.3. The van der Waals surface area contributed by atoms with Gasteiger partial charge in [-0.1, -0.05) is 30.7 Å². The highest BCUT2D eigenvalue weighted by Gasteiger charge is 2.14. The van der Waals surface area contributed by atoms with Crippen LogP contribution in [0, 0.1) is 0 Å². The lowest BCUT2D eigenvalue weighted by Gasteiger charge is -2.19. The van der Waals surface area contributed by atoms with Gasteiger partial charge < -0.3 is 15.2 Å². The third-order valence-corrected chi connectivity index (χ3v) is 3.40. The molecule has 4 heteroatoms. The summed E-state index contributed by atoms with van der Waals surface area (Å²) in [4.78, 5) is 0. The molecule has 2 unspecified atom stereocenters. The topological polar surface area (TPSA) is 44.5 Å². The van der Waals surface area contributed by atoms with Gasteiger partial charge in [0.05, 0.1) is 11.1 Å². The van der Waals surface area contributed by atoms with Crippen LogP contribution in [-0.4, -0.2) is 25.9 Å². The highest BCUT2D eigenvalue weighted by molar-refractivity contribution is 6.32. The van der Waals surface area contributed by atoms with E-state index in [9.17, 15) is 0 Å². The lowest BCUT2D eigenvalue weighted by molar-refractivity contribution is 0.134. The van der Waals surface area contributed by atoms with Crippen molar-refractivity contribution in [3.8, 4) is 5.75 Å². The minimum atomic E-state index is 0.0662. The minimum absolute atomic E-state index is 0.0662. The van der Waals surface area contributed by atoms with Gasteiger partial charge in [-0.15, -0.1) is 0 Å². The highest BCUT2D eigenvalue weighted by atomic mass is 35.5. The summed E-state index contributed by atoms with van der Waals surface area (Å²) >= 11 is 6.24. The van der Waals surface area contributed by atoms with Crippen molar-refractivity contribution in [3.05, 3.63) is 28.8 Å². The zero-order valence-electron chi connectivity index (χ0n) is 12.0. The van der Waals surface area contributed by atoms with Crippen molar-refractivity contribution in [3.63, 3.8) is 0 Å². The average molecular weight is 286 g/mol. The third kappa shape index (κ3) is 5.39. The van der Waals surface area contributed by atoms with Crippen LogP contribution in [0.5, 0.6) is 5.75 Å². The Labute approximate surface area is 121 Å². The summed E-state index contributed by atoms with van der Waals surface area (Å²) in [5, 5.41) is 0.644. The van der Waals surface area contributed by atoms with Crippen LogP contribution in [0.15, 0.2) is 18.2 Å². The van der Waals surface area contributed by atoms with E-state index in [0.29, 0.717) is 11.6 Å². The molecule has 19 heavy (non-hydrogen) atoms. The van der Waals surface area contributed by atoms with Gasteiger partial charge in [-0.3, -0.25) is 0 Å². The first-order valence-electron chi connectivity index (χ1n) is 6.77. The van der Waals surface area contributed by atoms with Gasteiger partial charge in [-0.25, -0.2) is 0 Å². The number of nitrogens with two attached hydrogens (primary N) is 1. The SMILES string of the molecule is CCC(N)Cc1cccc(Cl)c1OC(C)CCOC. The standard InChI is InChI=1S/C15H24ClNO2/c1-4-13(17)10-12-6-5-7-14(16)15(12)19-11(2)8-9-18-3/h5-7,11,13H,4,8-10,17H2,1-3H3. The molecular formula is C15H24ClNO2. The Morgan fingerprint density at radius 3 is 2.74 bits per heavy atom. The molecule has 0 radical (unpaired) electrons. The molecular weight excluding hydrogens is 262 g/mol. The van der Waals surface area contributed by atoms with Crippen LogP contribution in [0.1, 0.15) is 32.3 Å². The number of para-hydroxylation sites is 1. The maximum absolute atomic E-state index is 6.24. The first-order chi connectivity index (χ1) is 9.08. The van der Waals surface area contributed by atoms with Gasteiger partial charge in [0, 0.05) is 26.2 Å². The number of hydrogen-bond acceptors (Lipinski definition) is 3. The molecule has 0 amide bonds. The van der Waals surface area contributed by atoms with Crippen LogP contribution >= 0.6 is 11.6 Å². The quantitative estimate of drug-likeness (QED) is 0.796. The van der Waals surface area contributed by atoms with E-state index < -0.39 is 0 Å². The molecule has 2 atom stereocenters. The number of benzene rings is 1. The smallest absolute Gasteiger partial charge is 0.141 e. The Bertz CT molecular complexity index is 384. The molecule has 108 valence electrons. The fourth-order valence-corrected chi connectivity index (χ4v) is 2.06. The number of halogens is 1. The molecule has 0 bridgehead atoms. The molecule has 0 saturated heterocycles. The van der Waals surface area contributed by atoms with Crippen molar-refractivity contribution >= 4 is 11.6 Å². The van der Waals surface area contributed by atoms with Crippen LogP contribution in [-0.2, 0) is 11.2 Å². The molecule has 0 aliphatic heterocycles. The summed E-state index contributed by atoms with van der Waals surface area (Å²) in [5.74, 6) is 0.761. The Morgan fingerprint density at radius 2 is 2.11 bits per heavy atom. The lowest BCUT2D eigenvalue weighted by atomic mass is 10.0. The van der Waals surface area contributed by atoms with Gasteiger partial charge in [0.1, 0.15) is 5.75 Å². The van der Waals surface area contributed by atoms with E-state index in [1.807, 2.05) is 25.1 Å². The first-order valence-corrected chi connectivity index (χ1v) is 7.14. The van der Waals surface area contributed by atoms with Crippen LogP contribution in [0.25, 0.3) is 0 Å². The van der Waals surface area contributed by atoms with Crippen LogP contribution in [0.3, 0.4) is 0 Å². The van der Waals surface area contributed by atoms with Crippen molar-refractivity contribution in [2.75, 3.05) is 13.7 Å². The molecule has 1 aromatic carbocycles. The fourth-order valence-electron chi connectivity index (χ4n) is 1.82. The van der Waals surface area contributed by atoms with Gasteiger partial charge >= 0.3 is 0 Å². The summed E-state index contributed by atoms with van der Waals surface area (Å²) in [6.45, 7) is 4.78. The molecule has 0 fully saturated rings. The monoisotopic (exact) mass is 285 g/mol. The highest BCUT2D eigenvalue weighted by Crippen LogP contribution is 2.31. The molecule has 0 aliphatic rings. The average Bonchev–Trinajstić information content (AvgIpc) is 2.40. The van der Waals surface area contributed by atoms with Crippen molar-refractivity contribution in [2.24, 2.45) is 5.73 Å². The molecule has 0 aliphatic carbocycles. The van der Waals surface area contributed by atoms with Gasteiger partial charge in [-0.05, 0) is 31.4 Å². The second-order valence-corrected chi connectivity index (χ2v) is 5.22. The maximum atomic E-state index is 6.24. The zero-order valence-corrected chi connectivity index (χ0v) is 12.7. The second-order valence-electron chi connectivity index (χ2n) is 4.81. The van der Waals surface area contributed by atoms with Gasteiger partial charge in [0.15, 0.2) is 0 Å². The van der Waals surface area contributed by atoms with Gasteiger partial charge in [-0.2, -0.15) is 0 Å². The summed E-state index contributed by atoms with van der Waals surface area (Å²) in [6.07, 6.45) is 2.62. The van der Waals surface area contributed by atoms with Gasteiger partial charge in [0.25, 0.3) is 0 Å². The van der Waals surface area contributed by atoms with E-state index >= 15 is 0 Å². The summed E-state index contributed by atoms with van der Waals surface area (Å²) in [6, 6.07) is 5.95. The molecule has 0 aromatic heterocycles. The predicted octanol–water partition coefficient (Wildman–Crippen LogP) is 3.42. The van der Waals surface area contributed by atoms with Crippen LogP contribution < -0.4 is 10.5 Å². The largest absolute Gasteiger partial charge is 0.489 e. The number of methoxy groups -OCH3 is 1. The number of ether oxygens (including phenoxy) is 2. The van der Waals surface area contributed by atoms with Crippen molar-refractivity contribution in [1.82, 2.24) is 0 Å². The normalized spacial score (nSPS) is 14.2. The molecule has 0 saturated carbocycles. The Kier molecular flexibility index (Phi) is 7.21. The van der Waals surface area contributed by atoms with E-state index in [4.69, 9.17) is 26.8 Å². The van der Waals surface area contributed by atoms with Crippen molar-refractivity contribution in [1.29, 1.82) is 0 Å². The lowest BCUT2D eigenvalue weighted by Crippen LogP contribution is -2.22. The maximum Gasteiger partial charge on any atom is 0.141 e. The third-order valence-electron chi connectivity index (χ3n) is 3.10. The molecule has 1 rings (SSSR count). The summed E-state index contributed by atoms with van der Waals surface area (Å²) in [5.41, 5.74) is 7.09. The Balaban J connectivity index is 2.79. The minimum Gasteiger partial charge on any atom is -0.489 e. The zero-order chi connectivity index (χ0) is 14.3. The Morgan fingerprint density at radius 1 is 1.37 bits per heavy atom. The molecule has 0 spiro atoms. The molecule has 2 N–H and O–H groups in total. The second kappa shape index (κ2) is 8.41. The van der Waals surface area contributed by atoms with Crippen LogP contribution in [0.4, 0.5) is 0 Å².